The molecule has 0 fully saturated rings. The summed E-state index contributed by atoms with van der Waals surface area (Å²) in [6.45, 7) is 0. The van der Waals surface area contributed by atoms with Crippen molar-refractivity contribution in [3.8, 4) is 0 Å². The molecule has 0 aliphatic rings. The minimum absolute atomic E-state index is 1.06. The van der Waals surface area contributed by atoms with Crippen LogP contribution in [0.2, 0.25) is 0 Å². The number of hydrogen-bond acceptors (Lipinski definition) is 4. The van der Waals surface area contributed by atoms with E-state index in [0.717, 1.165) is 4.90 Å². The van der Waals surface area contributed by atoms with Gasteiger partial charge in [0.15, 0.2) is 0 Å². The summed E-state index contributed by atoms with van der Waals surface area (Å²) < 4.78 is 0. The van der Waals surface area contributed by atoms with Crippen molar-refractivity contribution in [2.45, 2.75) is 4.90 Å². The first-order chi connectivity index (χ1) is 6.29. The highest BCUT2D eigenvalue weighted by atomic mass is 33.1. The fourth-order valence-electron chi connectivity index (χ4n) is 0.609. The average molecular weight is 216 g/mol. The molecule has 0 radical (unpaired) electrons. The molecule has 0 aliphatic carbocycles. The Kier molecular flexibility index (Phi) is 4.52. The fraction of sp³-hybridized carbons (Fsp3) is 0. The Balaban J connectivity index is 2.17. The Morgan fingerprint density at radius 1 is 1.31 bits per heavy atom. The Labute approximate surface area is 83.6 Å². The largest absolute Gasteiger partial charge is 0.464 e. The maximum absolute atomic E-state index is 10.0. The summed E-state index contributed by atoms with van der Waals surface area (Å²) in [5, 5.41) is 8.21. The lowest BCUT2D eigenvalue weighted by Crippen LogP contribution is -2.30. The zero-order valence-corrected chi connectivity index (χ0v) is 8.19. The van der Waals surface area contributed by atoms with Gasteiger partial charge in [-0.3, -0.25) is 0 Å². The third-order valence-electron chi connectivity index (χ3n) is 1.08. The van der Waals surface area contributed by atoms with E-state index in [1.807, 2.05) is 35.8 Å². The predicted octanol–water partition coefficient (Wildman–Crippen LogP) is 2.11. The van der Waals surface area contributed by atoms with Gasteiger partial charge in [-0.25, -0.2) is 10.2 Å². The van der Waals surface area contributed by atoms with E-state index >= 15 is 0 Å². The zero-order chi connectivity index (χ0) is 9.52. The summed E-state index contributed by atoms with van der Waals surface area (Å²) in [4.78, 5) is 13.5. The number of hydrogen-bond donors (Lipinski definition) is 3. The number of nitrogens with one attached hydrogen (secondary N) is 2. The van der Waals surface area contributed by atoms with Crippen molar-refractivity contribution in [2.24, 2.45) is 0 Å². The van der Waals surface area contributed by atoms with E-state index in [1.54, 1.807) is 0 Å². The smallest absolute Gasteiger partial charge is 0.419 e. The summed E-state index contributed by atoms with van der Waals surface area (Å²) in [5.74, 6) is 0. The molecule has 0 spiro atoms. The van der Waals surface area contributed by atoms with Gasteiger partial charge in [-0.15, -0.1) is 0 Å². The van der Waals surface area contributed by atoms with Crippen molar-refractivity contribution in [1.29, 1.82) is 0 Å². The topological polar surface area (TPSA) is 61.4 Å². The van der Waals surface area contributed by atoms with Crippen LogP contribution in [0.5, 0.6) is 0 Å². The normalized spacial score (nSPS) is 9.54. The van der Waals surface area contributed by atoms with Crippen LogP contribution in [0.25, 0.3) is 0 Å². The second kappa shape index (κ2) is 5.74. The van der Waals surface area contributed by atoms with Gasteiger partial charge in [0.25, 0.3) is 0 Å². The van der Waals surface area contributed by atoms with Crippen LogP contribution in [0.1, 0.15) is 0 Å². The highest BCUT2D eigenvalue weighted by Crippen LogP contribution is 2.26. The molecule has 70 valence electrons. The summed E-state index contributed by atoms with van der Waals surface area (Å²) in [5.41, 5.74) is 2.02. The first-order valence-corrected chi connectivity index (χ1v) is 5.56. The lowest BCUT2D eigenvalue weighted by Gasteiger charge is -2.01. The van der Waals surface area contributed by atoms with Gasteiger partial charge in [0.2, 0.25) is 0 Å². The molecule has 1 aromatic rings. The van der Waals surface area contributed by atoms with E-state index in [2.05, 4.69) is 4.83 Å². The van der Waals surface area contributed by atoms with Gasteiger partial charge in [-0.2, -0.15) is 4.83 Å². The molecule has 4 nitrogen and oxygen atoms in total. The van der Waals surface area contributed by atoms with E-state index in [-0.39, 0.29) is 0 Å². The van der Waals surface area contributed by atoms with Crippen molar-refractivity contribution in [2.75, 3.05) is 0 Å². The standard InChI is InChI=1S/C7H8N2O2S2/c10-7(11)8-9-13-12-6-4-2-1-3-5-6/h1-5,8-9H,(H,10,11). The van der Waals surface area contributed by atoms with Crippen LogP contribution >= 0.6 is 21.8 Å². The summed E-state index contributed by atoms with van der Waals surface area (Å²) >= 11 is 0. The Hall–Kier alpha value is -0.850. The van der Waals surface area contributed by atoms with Crippen molar-refractivity contribution in [3.63, 3.8) is 0 Å². The quantitative estimate of drug-likeness (QED) is 0.311. The lowest BCUT2D eigenvalue weighted by molar-refractivity contribution is 0.193. The average Bonchev–Trinajstić information content (AvgIpc) is 2.14. The monoisotopic (exact) mass is 216 g/mol. The van der Waals surface area contributed by atoms with Crippen LogP contribution in [0.15, 0.2) is 35.2 Å². The molecule has 0 heterocycles. The number of carbonyl (C=O) groups is 1. The van der Waals surface area contributed by atoms with Crippen molar-refractivity contribution < 1.29 is 9.90 Å². The SMILES string of the molecule is O=C(O)NNSSc1ccccc1. The molecule has 1 aromatic carbocycles. The van der Waals surface area contributed by atoms with Crippen LogP contribution in [0, 0.1) is 0 Å². The van der Waals surface area contributed by atoms with Crippen LogP contribution in [-0.4, -0.2) is 11.2 Å². The molecule has 6 heteroatoms. The Morgan fingerprint density at radius 2 is 2.00 bits per heavy atom. The van der Waals surface area contributed by atoms with E-state index in [1.165, 1.54) is 21.8 Å². The van der Waals surface area contributed by atoms with Gasteiger partial charge in [0.05, 0.1) is 0 Å². The van der Waals surface area contributed by atoms with E-state index in [4.69, 9.17) is 5.11 Å². The molecular formula is C7H8N2O2S2. The lowest BCUT2D eigenvalue weighted by atomic mass is 10.4. The highest BCUT2D eigenvalue weighted by Gasteiger charge is 1.94. The maximum atomic E-state index is 10.0. The van der Waals surface area contributed by atoms with Crippen LogP contribution < -0.4 is 10.3 Å². The first kappa shape index (κ1) is 10.2. The van der Waals surface area contributed by atoms with Gasteiger partial charge in [0.1, 0.15) is 0 Å². The number of rotatable bonds is 4. The summed E-state index contributed by atoms with van der Waals surface area (Å²) in [6.07, 6.45) is -1.10. The summed E-state index contributed by atoms with van der Waals surface area (Å²) in [7, 11) is 2.65. The molecule has 0 atom stereocenters. The third kappa shape index (κ3) is 4.66. The number of benzene rings is 1. The predicted molar refractivity (Wildman–Crippen MR) is 54.2 cm³/mol. The van der Waals surface area contributed by atoms with Crippen LogP contribution in [-0.2, 0) is 0 Å². The summed E-state index contributed by atoms with van der Waals surface area (Å²) in [6, 6.07) is 9.67. The van der Waals surface area contributed by atoms with E-state index < -0.39 is 6.09 Å². The van der Waals surface area contributed by atoms with Crippen LogP contribution in [0.3, 0.4) is 0 Å². The van der Waals surface area contributed by atoms with Crippen LogP contribution in [0.4, 0.5) is 4.79 Å². The van der Waals surface area contributed by atoms with Gasteiger partial charge >= 0.3 is 6.09 Å². The Morgan fingerprint density at radius 3 is 2.62 bits per heavy atom. The van der Waals surface area contributed by atoms with Gasteiger partial charge in [-0.1, -0.05) is 18.2 Å². The molecule has 0 saturated heterocycles. The minimum atomic E-state index is -1.10. The molecule has 0 unspecified atom stereocenters. The molecule has 0 aromatic heterocycles. The molecule has 0 bridgehead atoms. The molecule has 13 heavy (non-hydrogen) atoms. The number of amides is 1. The highest BCUT2D eigenvalue weighted by molar-refractivity contribution is 8.76. The molecule has 1 rings (SSSR count). The molecule has 0 aliphatic heterocycles. The molecule has 0 saturated carbocycles. The first-order valence-electron chi connectivity index (χ1n) is 3.41. The molecule has 3 N–H and O–H groups in total. The van der Waals surface area contributed by atoms with Gasteiger partial charge in [0, 0.05) is 15.9 Å². The maximum Gasteiger partial charge on any atom is 0.419 e. The molecule has 1 amide bonds. The minimum Gasteiger partial charge on any atom is -0.464 e. The Bertz CT molecular complexity index is 268. The second-order valence-corrected chi connectivity index (χ2v) is 4.02. The zero-order valence-electron chi connectivity index (χ0n) is 6.56. The molecular weight excluding hydrogens is 208 g/mol. The second-order valence-electron chi connectivity index (χ2n) is 2.01. The van der Waals surface area contributed by atoms with E-state index in [9.17, 15) is 4.79 Å². The third-order valence-corrected chi connectivity index (χ3v) is 2.89. The number of hydrazine groups is 1. The number of carboxylic acid groups (broad SMARTS) is 1. The van der Waals surface area contributed by atoms with Gasteiger partial charge < -0.3 is 5.11 Å². The van der Waals surface area contributed by atoms with Gasteiger partial charge in [-0.05, 0) is 22.9 Å². The fourth-order valence-corrected chi connectivity index (χ4v) is 2.02. The van der Waals surface area contributed by atoms with Crippen molar-refractivity contribution in [1.82, 2.24) is 10.3 Å². The van der Waals surface area contributed by atoms with Crippen molar-refractivity contribution in [3.05, 3.63) is 30.3 Å². The van der Waals surface area contributed by atoms with E-state index in [0.29, 0.717) is 0 Å². The van der Waals surface area contributed by atoms with Crippen molar-refractivity contribution >= 4 is 27.9 Å².